The van der Waals surface area contributed by atoms with Crippen LogP contribution in [0.15, 0.2) is 24.3 Å². The van der Waals surface area contributed by atoms with E-state index < -0.39 is 0 Å². The average Bonchev–Trinajstić information content (AvgIpc) is 2.65. The van der Waals surface area contributed by atoms with Crippen LogP contribution in [0.25, 0.3) is 5.69 Å². The highest BCUT2D eigenvalue weighted by Gasteiger charge is 2.18. The lowest BCUT2D eigenvalue weighted by Crippen LogP contribution is -2.07. The van der Waals surface area contributed by atoms with Gasteiger partial charge in [0.1, 0.15) is 5.82 Å². The maximum absolute atomic E-state index is 14.1. The maximum atomic E-state index is 14.1. The van der Waals surface area contributed by atoms with Gasteiger partial charge in [0.25, 0.3) is 0 Å². The van der Waals surface area contributed by atoms with E-state index in [0.717, 1.165) is 17.0 Å². The van der Waals surface area contributed by atoms with Crippen LogP contribution in [0.2, 0.25) is 0 Å². The molecule has 4 heteroatoms. The Kier molecular flexibility index (Phi) is 3.76. The highest BCUT2D eigenvalue weighted by atomic mass is 35.5. The predicted octanol–water partition coefficient (Wildman–Crippen LogP) is 3.96. The number of nitrogens with zero attached hydrogens (tertiary/aromatic N) is 1. The van der Waals surface area contributed by atoms with Crippen LogP contribution in [0.5, 0.6) is 0 Å². The number of aromatic nitrogens is 1. The van der Waals surface area contributed by atoms with E-state index in [-0.39, 0.29) is 17.5 Å². The fourth-order valence-corrected chi connectivity index (χ4v) is 2.51. The molecule has 1 aromatic heterocycles. The number of carbonyl (C=O) groups is 1. The Morgan fingerprint density at radius 2 is 2.00 bits per heavy atom. The Balaban J connectivity index is 2.70. The molecule has 0 fully saturated rings. The molecule has 2 aromatic rings. The van der Waals surface area contributed by atoms with Crippen LogP contribution in [0.3, 0.4) is 0 Å². The van der Waals surface area contributed by atoms with Crippen LogP contribution >= 0.6 is 11.6 Å². The highest BCUT2D eigenvalue weighted by molar-refractivity contribution is 6.30. The number of hydrogen-bond donors (Lipinski definition) is 0. The summed E-state index contributed by atoms with van der Waals surface area (Å²) >= 11 is 5.60. The number of carbonyl (C=O) groups excluding carboxylic acids is 1. The van der Waals surface area contributed by atoms with E-state index in [1.165, 1.54) is 6.07 Å². The third-order valence-electron chi connectivity index (χ3n) is 3.27. The number of alkyl halides is 1. The molecule has 0 aliphatic heterocycles. The molecule has 0 bridgehead atoms. The predicted molar refractivity (Wildman–Crippen MR) is 75.0 cm³/mol. The molecule has 1 aromatic carbocycles. The number of para-hydroxylation sites is 1. The monoisotopic (exact) mass is 279 g/mol. The first-order valence-electron chi connectivity index (χ1n) is 6.01. The van der Waals surface area contributed by atoms with Gasteiger partial charge >= 0.3 is 0 Å². The van der Waals surface area contributed by atoms with Crippen molar-refractivity contribution in [3.8, 4) is 5.69 Å². The number of halogens is 2. The zero-order valence-electron chi connectivity index (χ0n) is 11.1. The van der Waals surface area contributed by atoms with Gasteiger partial charge in [0.15, 0.2) is 5.78 Å². The van der Waals surface area contributed by atoms with Crippen molar-refractivity contribution in [3.05, 3.63) is 52.6 Å². The van der Waals surface area contributed by atoms with E-state index in [2.05, 4.69) is 0 Å². The molecule has 0 saturated carbocycles. The van der Waals surface area contributed by atoms with Crippen LogP contribution in [0, 0.1) is 26.6 Å². The van der Waals surface area contributed by atoms with Crippen molar-refractivity contribution in [1.29, 1.82) is 0 Å². The molecule has 0 unspecified atom stereocenters. The summed E-state index contributed by atoms with van der Waals surface area (Å²) in [5, 5.41) is 0. The van der Waals surface area contributed by atoms with E-state index in [0.29, 0.717) is 11.3 Å². The van der Waals surface area contributed by atoms with Gasteiger partial charge in [0.2, 0.25) is 0 Å². The average molecular weight is 280 g/mol. The fraction of sp³-hybridized carbons (Fsp3) is 0.267. The maximum Gasteiger partial charge on any atom is 0.179 e. The van der Waals surface area contributed by atoms with Gasteiger partial charge in [0, 0.05) is 17.0 Å². The summed E-state index contributed by atoms with van der Waals surface area (Å²) < 4.78 is 15.8. The molecule has 1 heterocycles. The Bertz CT molecular complexity index is 626. The second-order valence-corrected chi connectivity index (χ2v) is 4.85. The SMILES string of the molecule is Cc1cccc(F)c1-n1c(C)cc(C(=O)CCl)c1C. The first-order valence-corrected chi connectivity index (χ1v) is 6.54. The smallest absolute Gasteiger partial charge is 0.179 e. The van der Waals surface area contributed by atoms with Crippen LogP contribution < -0.4 is 0 Å². The summed E-state index contributed by atoms with van der Waals surface area (Å²) in [7, 11) is 0. The van der Waals surface area contributed by atoms with Crippen molar-refractivity contribution < 1.29 is 9.18 Å². The minimum absolute atomic E-state index is 0.0689. The molecule has 100 valence electrons. The van der Waals surface area contributed by atoms with Crippen molar-refractivity contribution in [3.63, 3.8) is 0 Å². The lowest BCUT2D eigenvalue weighted by atomic mass is 10.1. The van der Waals surface area contributed by atoms with Gasteiger partial charge in [-0.25, -0.2) is 4.39 Å². The van der Waals surface area contributed by atoms with Gasteiger partial charge in [-0.1, -0.05) is 12.1 Å². The Morgan fingerprint density at radius 1 is 1.32 bits per heavy atom. The normalized spacial score (nSPS) is 10.8. The van der Waals surface area contributed by atoms with Gasteiger partial charge in [-0.2, -0.15) is 0 Å². The lowest BCUT2D eigenvalue weighted by molar-refractivity contribution is 0.102. The molecule has 0 spiro atoms. The summed E-state index contributed by atoms with van der Waals surface area (Å²) in [6.07, 6.45) is 0. The van der Waals surface area contributed by atoms with Crippen molar-refractivity contribution in [2.45, 2.75) is 20.8 Å². The van der Waals surface area contributed by atoms with E-state index in [1.54, 1.807) is 23.6 Å². The molecule has 0 aliphatic rings. The number of ketones is 1. The van der Waals surface area contributed by atoms with Gasteiger partial charge in [0.05, 0.1) is 11.6 Å². The van der Waals surface area contributed by atoms with Crippen molar-refractivity contribution in [2.75, 3.05) is 5.88 Å². The van der Waals surface area contributed by atoms with Crippen molar-refractivity contribution in [2.24, 2.45) is 0 Å². The van der Waals surface area contributed by atoms with Crippen LogP contribution in [0.4, 0.5) is 4.39 Å². The molecule has 0 radical (unpaired) electrons. The molecule has 0 aliphatic carbocycles. The van der Waals surface area contributed by atoms with Gasteiger partial charge in [-0.15, -0.1) is 11.6 Å². The molecule has 0 saturated heterocycles. The molecule has 0 N–H and O–H groups in total. The van der Waals surface area contributed by atoms with Crippen LogP contribution in [0.1, 0.15) is 27.3 Å². The summed E-state index contributed by atoms with van der Waals surface area (Å²) in [5.41, 5.74) is 3.41. The van der Waals surface area contributed by atoms with Crippen molar-refractivity contribution in [1.82, 2.24) is 4.57 Å². The quantitative estimate of drug-likeness (QED) is 0.616. The molecule has 0 atom stereocenters. The summed E-state index contributed by atoms with van der Waals surface area (Å²) in [4.78, 5) is 11.8. The zero-order valence-corrected chi connectivity index (χ0v) is 11.9. The Labute approximate surface area is 116 Å². The topological polar surface area (TPSA) is 22.0 Å². The minimum atomic E-state index is -0.299. The molecule has 0 amide bonds. The molecule has 2 rings (SSSR count). The Morgan fingerprint density at radius 3 is 2.58 bits per heavy atom. The number of hydrogen-bond acceptors (Lipinski definition) is 1. The van der Waals surface area contributed by atoms with Crippen LogP contribution in [-0.2, 0) is 0 Å². The fourth-order valence-electron chi connectivity index (χ4n) is 2.37. The van der Waals surface area contributed by atoms with Gasteiger partial charge in [-0.05, 0) is 38.5 Å². The second-order valence-electron chi connectivity index (χ2n) is 4.58. The molecular weight excluding hydrogens is 265 g/mol. The number of aryl methyl sites for hydroxylation is 2. The molecule has 2 nitrogen and oxygen atoms in total. The third kappa shape index (κ3) is 2.30. The van der Waals surface area contributed by atoms with Crippen LogP contribution in [-0.4, -0.2) is 16.2 Å². The van der Waals surface area contributed by atoms with E-state index in [1.807, 2.05) is 19.9 Å². The first kappa shape index (κ1) is 13.8. The van der Waals surface area contributed by atoms with E-state index in [9.17, 15) is 9.18 Å². The Hall–Kier alpha value is -1.61. The summed E-state index contributed by atoms with van der Waals surface area (Å²) in [6.45, 7) is 5.50. The van der Waals surface area contributed by atoms with Gasteiger partial charge in [-0.3, -0.25) is 4.79 Å². The molecular formula is C15H15ClFNO. The largest absolute Gasteiger partial charge is 0.315 e. The number of benzene rings is 1. The summed E-state index contributed by atoms with van der Waals surface area (Å²) in [5.74, 6) is -0.512. The standard InChI is InChI=1S/C15H15ClFNO/c1-9-5-4-6-13(17)15(9)18-10(2)7-12(11(18)3)14(19)8-16/h4-7H,8H2,1-3H3. The van der Waals surface area contributed by atoms with E-state index in [4.69, 9.17) is 11.6 Å². The number of rotatable bonds is 3. The van der Waals surface area contributed by atoms with E-state index >= 15 is 0 Å². The lowest BCUT2D eigenvalue weighted by Gasteiger charge is -2.13. The number of Topliss-reactive ketones (excluding diaryl/α,β-unsaturated/α-hetero) is 1. The minimum Gasteiger partial charge on any atom is -0.315 e. The third-order valence-corrected chi connectivity index (χ3v) is 3.51. The second kappa shape index (κ2) is 5.17. The zero-order chi connectivity index (χ0) is 14.2. The molecule has 19 heavy (non-hydrogen) atoms. The first-order chi connectivity index (χ1) is 8.97. The highest BCUT2D eigenvalue weighted by Crippen LogP contribution is 2.25. The van der Waals surface area contributed by atoms with Gasteiger partial charge < -0.3 is 4.57 Å². The van der Waals surface area contributed by atoms with Crippen molar-refractivity contribution >= 4 is 17.4 Å². The summed E-state index contributed by atoms with van der Waals surface area (Å²) in [6, 6.07) is 6.70.